The molecule has 0 spiro atoms. The Morgan fingerprint density at radius 2 is 0.419 bits per heavy atom. The first kappa shape index (κ1) is 40.9. The molecule has 0 saturated heterocycles. The molecule has 2 heterocycles. The van der Waals surface area contributed by atoms with Crippen molar-refractivity contribution in [2.45, 2.75) is 0 Å². The molecular formula is C72H42O2. The summed E-state index contributed by atoms with van der Waals surface area (Å²) >= 11 is 0. The van der Waals surface area contributed by atoms with Gasteiger partial charge in [0.25, 0.3) is 0 Å². The van der Waals surface area contributed by atoms with Crippen LogP contribution in [0.1, 0.15) is 0 Å². The number of rotatable bonds is 5. The molecule has 74 heavy (non-hydrogen) atoms. The average Bonchev–Trinajstić information content (AvgIpc) is 4.07. The van der Waals surface area contributed by atoms with Gasteiger partial charge in [0.15, 0.2) is 0 Å². The normalized spacial score (nSPS) is 12.1. The Morgan fingerprint density at radius 1 is 0.162 bits per heavy atom. The lowest BCUT2D eigenvalue weighted by atomic mass is 9.83. The summed E-state index contributed by atoms with van der Waals surface area (Å²) in [6.45, 7) is 0. The lowest BCUT2D eigenvalue weighted by molar-refractivity contribution is 0.668. The molecule has 16 rings (SSSR count). The van der Waals surface area contributed by atoms with Crippen LogP contribution in [0.3, 0.4) is 0 Å². The average molecular weight is 939 g/mol. The third-order valence-electron chi connectivity index (χ3n) is 15.9. The van der Waals surface area contributed by atoms with Crippen molar-refractivity contribution >= 4 is 109 Å². The van der Waals surface area contributed by atoms with E-state index in [2.05, 4.69) is 243 Å². The lowest BCUT2D eigenvalue weighted by Crippen LogP contribution is -1.93. The molecule has 0 amide bonds. The maximum atomic E-state index is 6.29. The Balaban J connectivity index is 0.886. The minimum atomic E-state index is 0.902. The van der Waals surface area contributed by atoms with Gasteiger partial charge in [0.05, 0.1) is 0 Å². The Morgan fingerprint density at radius 3 is 0.770 bits per heavy atom. The molecule has 2 nitrogen and oxygen atoms in total. The summed E-state index contributed by atoms with van der Waals surface area (Å²) in [5, 5.41) is 19.2. The van der Waals surface area contributed by atoms with E-state index >= 15 is 0 Å². The first-order chi connectivity index (χ1) is 36.7. The second-order valence-electron chi connectivity index (χ2n) is 19.7. The predicted molar refractivity (Wildman–Crippen MR) is 313 cm³/mol. The summed E-state index contributed by atoms with van der Waals surface area (Å²) in [6.07, 6.45) is 0. The second-order valence-corrected chi connectivity index (χ2v) is 19.7. The van der Waals surface area contributed by atoms with Crippen molar-refractivity contribution in [1.82, 2.24) is 0 Å². The highest BCUT2D eigenvalue weighted by Crippen LogP contribution is 2.50. The van der Waals surface area contributed by atoms with E-state index in [4.69, 9.17) is 8.83 Å². The smallest absolute Gasteiger partial charge is 0.135 e. The number of furan rings is 2. The van der Waals surface area contributed by atoms with Crippen LogP contribution in [0.5, 0.6) is 0 Å². The Bertz CT molecular complexity index is 4600. The highest BCUT2D eigenvalue weighted by molar-refractivity contribution is 6.27. The topological polar surface area (TPSA) is 26.3 Å². The Hall–Kier alpha value is -9.76. The van der Waals surface area contributed by atoms with Crippen molar-refractivity contribution in [3.8, 4) is 55.6 Å². The molecule has 0 atom stereocenters. The van der Waals surface area contributed by atoms with Crippen molar-refractivity contribution in [3.05, 3.63) is 255 Å². The minimum absolute atomic E-state index is 0.902. The van der Waals surface area contributed by atoms with Gasteiger partial charge in [0, 0.05) is 21.5 Å². The molecule has 0 aliphatic heterocycles. The Labute approximate surface area is 425 Å². The van der Waals surface area contributed by atoms with Crippen LogP contribution in [-0.4, -0.2) is 0 Å². The lowest BCUT2D eigenvalue weighted by Gasteiger charge is -2.20. The molecule has 14 aromatic carbocycles. The van der Waals surface area contributed by atoms with Gasteiger partial charge >= 0.3 is 0 Å². The zero-order chi connectivity index (χ0) is 48.4. The molecule has 342 valence electrons. The molecule has 0 unspecified atom stereocenters. The van der Waals surface area contributed by atoms with Gasteiger partial charge in [-0.1, -0.05) is 218 Å². The second kappa shape index (κ2) is 15.9. The van der Waals surface area contributed by atoms with Crippen LogP contribution < -0.4 is 0 Å². The van der Waals surface area contributed by atoms with Gasteiger partial charge in [-0.25, -0.2) is 0 Å². The fourth-order valence-corrected chi connectivity index (χ4v) is 12.7. The third kappa shape index (κ3) is 5.94. The molecule has 0 saturated carbocycles. The van der Waals surface area contributed by atoms with E-state index in [0.29, 0.717) is 0 Å². The first-order valence-electron chi connectivity index (χ1n) is 25.5. The van der Waals surface area contributed by atoms with E-state index in [1.165, 1.54) is 120 Å². The monoisotopic (exact) mass is 938 g/mol. The van der Waals surface area contributed by atoms with Crippen LogP contribution in [-0.2, 0) is 0 Å². The van der Waals surface area contributed by atoms with Crippen LogP contribution in [0, 0.1) is 0 Å². The van der Waals surface area contributed by atoms with Crippen molar-refractivity contribution < 1.29 is 8.83 Å². The van der Waals surface area contributed by atoms with E-state index in [1.54, 1.807) is 0 Å². The largest absolute Gasteiger partial charge is 0.456 e. The maximum Gasteiger partial charge on any atom is 0.135 e. The van der Waals surface area contributed by atoms with Crippen molar-refractivity contribution in [1.29, 1.82) is 0 Å². The molecule has 0 radical (unpaired) electrons. The van der Waals surface area contributed by atoms with Crippen LogP contribution in [0.25, 0.3) is 164 Å². The molecular weight excluding hydrogens is 897 g/mol. The quantitative estimate of drug-likeness (QED) is 0.161. The predicted octanol–water partition coefficient (Wildman–Crippen LogP) is 20.7. The number of hydrogen-bond donors (Lipinski definition) is 0. The number of para-hydroxylation sites is 2. The summed E-state index contributed by atoms with van der Waals surface area (Å²) < 4.78 is 12.6. The summed E-state index contributed by atoms with van der Waals surface area (Å²) in [5.41, 5.74) is 15.8. The third-order valence-corrected chi connectivity index (χ3v) is 15.9. The fraction of sp³-hybridized carbons (Fsp3) is 0. The van der Waals surface area contributed by atoms with Crippen molar-refractivity contribution in [2.75, 3.05) is 0 Å². The molecule has 0 aliphatic carbocycles. The molecule has 16 aromatic rings. The maximum absolute atomic E-state index is 6.29. The van der Waals surface area contributed by atoms with Gasteiger partial charge in [-0.3, -0.25) is 0 Å². The summed E-state index contributed by atoms with van der Waals surface area (Å²) in [6, 6.07) is 93.4. The summed E-state index contributed by atoms with van der Waals surface area (Å²) in [5.74, 6) is 0. The van der Waals surface area contributed by atoms with Crippen LogP contribution in [0.2, 0.25) is 0 Å². The van der Waals surface area contributed by atoms with Gasteiger partial charge in [-0.05, 0) is 157 Å². The number of benzene rings is 14. The SMILES string of the molecule is c1ccc2c(c1)oc1ccc(-c3c4ccccc4c(-c4cccc5c(-c6cccc7c(-c8c9ccccc9c(-c9ccc%10oc%11ccccc%11c%10c9)c9ccccc89)cccc67)cccc45)c4ccccc34)cc12. The van der Waals surface area contributed by atoms with Gasteiger partial charge in [-0.15, -0.1) is 0 Å². The standard InChI is InChI=1S/C72H42O2/c1-5-23-59-55(19-1)69(43-37-39-67-63(41-43)51-17-9-11-35-65(51)73-67)56-20-2-6-24-60(56)71(59)53-33-15-29-47-45(27-13-31-49(47)53)46-28-14-32-50-48(46)30-16-34-54(50)72-61-25-7-3-21-57(61)70(58-22-4-8-26-62(58)72)44-38-40-68-64(42-44)52-18-10-12-36-66(52)74-68/h1-42H. The highest BCUT2D eigenvalue weighted by Gasteiger charge is 2.23. The molecule has 2 heteroatoms. The zero-order valence-electron chi connectivity index (χ0n) is 40.1. The van der Waals surface area contributed by atoms with E-state index in [-0.39, 0.29) is 0 Å². The first-order valence-corrected chi connectivity index (χ1v) is 25.5. The van der Waals surface area contributed by atoms with E-state index in [1.807, 2.05) is 12.1 Å². The van der Waals surface area contributed by atoms with Crippen LogP contribution in [0.4, 0.5) is 0 Å². The van der Waals surface area contributed by atoms with Crippen molar-refractivity contribution in [3.63, 3.8) is 0 Å². The van der Waals surface area contributed by atoms with Gasteiger partial charge in [0.1, 0.15) is 22.3 Å². The van der Waals surface area contributed by atoms with E-state index < -0.39 is 0 Å². The van der Waals surface area contributed by atoms with Gasteiger partial charge in [0.2, 0.25) is 0 Å². The molecule has 0 N–H and O–H groups in total. The van der Waals surface area contributed by atoms with E-state index in [0.717, 1.165) is 43.9 Å². The zero-order valence-corrected chi connectivity index (χ0v) is 40.1. The molecule has 0 bridgehead atoms. The fourth-order valence-electron chi connectivity index (χ4n) is 12.7. The molecule has 2 aromatic heterocycles. The van der Waals surface area contributed by atoms with Crippen LogP contribution in [0.15, 0.2) is 264 Å². The van der Waals surface area contributed by atoms with Gasteiger partial charge in [-0.2, -0.15) is 0 Å². The number of fused-ring (bicyclic) bond motifs is 12. The highest BCUT2D eigenvalue weighted by atomic mass is 16.3. The van der Waals surface area contributed by atoms with Crippen molar-refractivity contribution in [2.24, 2.45) is 0 Å². The minimum Gasteiger partial charge on any atom is -0.456 e. The summed E-state index contributed by atoms with van der Waals surface area (Å²) in [7, 11) is 0. The number of hydrogen-bond acceptors (Lipinski definition) is 2. The van der Waals surface area contributed by atoms with Crippen LogP contribution >= 0.6 is 0 Å². The van der Waals surface area contributed by atoms with E-state index in [9.17, 15) is 0 Å². The Kier molecular flexibility index (Phi) is 8.78. The van der Waals surface area contributed by atoms with Gasteiger partial charge < -0.3 is 8.83 Å². The molecule has 0 aliphatic rings. The summed E-state index contributed by atoms with van der Waals surface area (Å²) in [4.78, 5) is 0. The molecule has 0 fully saturated rings.